The quantitative estimate of drug-likeness (QED) is 0.738. The Labute approximate surface area is 110 Å². The molecule has 1 spiro atoms. The van der Waals surface area contributed by atoms with Gasteiger partial charge in [0.2, 0.25) is 0 Å². The fourth-order valence-corrected chi connectivity index (χ4v) is 2.54. The lowest BCUT2D eigenvalue weighted by atomic mass is 9.97. The molecule has 6 heteroatoms. The standard InChI is InChI=1S/C13H14N2O4/c16-11-9-3-1-2-4-10(9)19-13(14-11)5-7-15(8-6-13)12(17)18/h1-4H,5-8H2,(H,14,16)(H,17,18). The summed E-state index contributed by atoms with van der Waals surface area (Å²) in [7, 11) is 0. The number of likely N-dealkylation sites (tertiary alicyclic amines) is 1. The predicted octanol–water partition coefficient (Wildman–Crippen LogP) is 1.28. The minimum atomic E-state index is -0.933. The molecule has 2 amide bonds. The van der Waals surface area contributed by atoms with E-state index in [9.17, 15) is 9.59 Å². The maximum atomic E-state index is 12.1. The van der Waals surface area contributed by atoms with Gasteiger partial charge in [-0.3, -0.25) is 4.79 Å². The van der Waals surface area contributed by atoms with Gasteiger partial charge in [-0.25, -0.2) is 4.79 Å². The van der Waals surface area contributed by atoms with Crippen molar-refractivity contribution in [2.24, 2.45) is 0 Å². The van der Waals surface area contributed by atoms with Gasteiger partial charge in [-0.2, -0.15) is 0 Å². The van der Waals surface area contributed by atoms with Crippen molar-refractivity contribution >= 4 is 12.0 Å². The SMILES string of the molecule is O=C1NC2(CCN(C(=O)O)CC2)Oc2ccccc21. The monoisotopic (exact) mass is 262 g/mol. The molecule has 19 heavy (non-hydrogen) atoms. The highest BCUT2D eigenvalue weighted by atomic mass is 16.5. The highest BCUT2D eigenvalue weighted by Crippen LogP contribution is 2.33. The normalized spacial score (nSPS) is 20.4. The van der Waals surface area contributed by atoms with Crippen LogP contribution in [0.3, 0.4) is 0 Å². The third-order valence-electron chi connectivity index (χ3n) is 3.62. The Bertz CT molecular complexity index is 535. The Hall–Kier alpha value is -2.24. The number of hydrogen-bond acceptors (Lipinski definition) is 3. The lowest BCUT2D eigenvalue weighted by molar-refractivity contribution is -0.0248. The number of nitrogens with zero attached hydrogens (tertiary/aromatic N) is 1. The zero-order chi connectivity index (χ0) is 13.5. The Balaban J connectivity index is 1.82. The second kappa shape index (κ2) is 4.15. The van der Waals surface area contributed by atoms with Crippen LogP contribution in [-0.4, -0.2) is 40.8 Å². The Morgan fingerprint density at radius 1 is 1.32 bits per heavy atom. The number of amides is 2. The van der Waals surface area contributed by atoms with E-state index in [1.54, 1.807) is 18.2 Å². The topological polar surface area (TPSA) is 78.9 Å². The van der Waals surface area contributed by atoms with Crippen molar-refractivity contribution in [2.45, 2.75) is 18.6 Å². The van der Waals surface area contributed by atoms with E-state index in [4.69, 9.17) is 9.84 Å². The number of ether oxygens (including phenoxy) is 1. The molecule has 0 radical (unpaired) electrons. The van der Waals surface area contributed by atoms with Crippen LogP contribution in [0.4, 0.5) is 4.79 Å². The third-order valence-corrected chi connectivity index (χ3v) is 3.62. The first kappa shape index (κ1) is 11.8. The van der Waals surface area contributed by atoms with Crippen molar-refractivity contribution in [3.63, 3.8) is 0 Å². The molecular formula is C13H14N2O4. The summed E-state index contributed by atoms with van der Waals surface area (Å²) in [5.74, 6) is 0.403. The van der Waals surface area contributed by atoms with Crippen molar-refractivity contribution < 1.29 is 19.4 Å². The predicted molar refractivity (Wildman–Crippen MR) is 66.1 cm³/mol. The first-order valence-corrected chi connectivity index (χ1v) is 6.18. The van der Waals surface area contributed by atoms with Crippen molar-refractivity contribution in [2.75, 3.05) is 13.1 Å². The molecule has 6 nitrogen and oxygen atoms in total. The van der Waals surface area contributed by atoms with E-state index in [0.717, 1.165) is 0 Å². The summed E-state index contributed by atoms with van der Waals surface area (Å²) in [5.41, 5.74) is -0.244. The van der Waals surface area contributed by atoms with E-state index in [1.807, 2.05) is 6.07 Å². The number of nitrogens with one attached hydrogen (secondary N) is 1. The number of para-hydroxylation sites is 1. The number of benzene rings is 1. The van der Waals surface area contributed by atoms with E-state index in [0.29, 0.717) is 37.2 Å². The van der Waals surface area contributed by atoms with E-state index in [-0.39, 0.29) is 5.91 Å². The highest BCUT2D eigenvalue weighted by Gasteiger charge is 2.43. The summed E-state index contributed by atoms with van der Waals surface area (Å²) in [5, 5.41) is 11.8. The molecule has 2 aliphatic rings. The second-order valence-electron chi connectivity index (χ2n) is 4.82. The third kappa shape index (κ3) is 1.99. The number of carbonyl (C=O) groups is 2. The van der Waals surface area contributed by atoms with Crippen LogP contribution in [-0.2, 0) is 0 Å². The molecular weight excluding hydrogens is 248 g/mol. The molecule has 0 bridgehead atoms. The van der Waals surface area contributed by atoms with Crippen LogP contribution in [0.25, 0.3) is 0 Å². The smallest absolute Gasteiger partial charge is 0.407 e. The van der Waals surface area contributed by atoms with E-state index in [2.05, 4.69) is 5.32 Å². The van der Waals surface area contributed by atoms with Gasteiger partial charge >= 0.3 is 6.09 Å². The molecule has 0 aromatic heterocycles. The molecule has 1 fully saturated rings. The van der Waals surface area contributed by atoms with Crippen molar-refractivity contribution in [3.8, 4) is 5.75 Å². The van der Waals surface area contributed by atoms with Gasteiger partial charge in [0.05, 0.1) is 5.56 Å². The number of carbonyl (C=O) groups excluding carboxylic acids is 1. The number of carboxylic acid groups (broad SMARTS) is 1. The number of piperidine rings is 1. The molecule has 1 aromatic rings. The molecule has 0 aliphatic carbocycles. The summed E-state index contributed by atoms with van der Waals surface area (Å²) < 4.78 is 5.91. The minimum Gasteiger partial charge on any atom is -0.467 e. The maximum absolute atomic E-state index is 12.1. The van der Waals surface area contributed by atoms with E-state index in [1.165, 1.54) is 4.90 Å². The molecule has 1 aromatic carbocycles. The Morgan fingerprint density at radius 2 is 2.00 bits per heavy atom. The summed E-state index contributed by atoms with van der Waals surface area (Å²) in [6.45, 7) is 0.718. The summed E-state index contributed by atoms with van der Waals surface area (Å²) in [4.78, 5) is 24.3. The molecule has 2 N–H and O–H groups in total. The van der Waals surface area contributed by atoms with Crippen LogP contribution in [0.2, 0.25) is 0 Å². The second-order valence-corrected chi connectivity index (χ2v) is 4.82. The molecule has 0 unspecified atom stereocenters. The molecule has 100 valence electrons. The molecule has 2 heterocycles. The summed E-state index contributed by atoms with van der Waals surface area (Å²) >= 11 is 0. The average Bonchev–Trinajstić information content (AvgIpc) is 2.39. The number of fused-ring (bicyclic) bond motifs is 1. The van der Waals surface area contributed by atoms with Crippen molar-refractivity contribution in [1.29, 1.82) is 0 Å². The van der Waals surface area contributed by atoms with Gasteiger partial charge in [0.1, 0.15) is 5.75 Å². The lowest BCUT2D eigenvalue weighted by Gasteiger charge is -2.43. The van der Waals surface area contributed by atoms with Gasteiger partial charge in [-0.15, -0.1) is 0 Å². The molecule has 0 atom stereocenters. The van der Waals surface area contributed by atoms with E-state index >= 15 is 0 Å². The van der Waals surface area contributed by atoms with Gasteiger partial charge in [-0.1, -0.05) is 12.1 Å². The zero-order valence-corrected chi connectivity index (χ0v) is 10.3. The first-order chi connectivity index (χ1) is 9.10. The number of hydrogen-bond donors (Lipinski definition) is 2. The molecule has 0 saturated carbocycles. The number of rotatable bonds is 0. The molecule has 1 saturated heterocycles. The Morgan fingerprint density at radius 3 is 2.68 bits per heavy atom. The fourth-order valence-electron chi connectivity index (χ4n) is 2.54. The van der Waals surface area contributed by atoms with Crippen molar-refractivity contribution in [3.05, 3.63) is 29.8 Å². The van der Waals surface area contributed by atoms with E-state index < -0.39 is 11.8 Å². The summed E-state index contributed by atoms with van der Waals surface area (Å²) in [6.07, 6.45) is -0.0176. The molecule has 3 rings (SSSR count). The van der Waals surface area contributed by atoms with Crippen LogP contribution in [0, 0.1) is 0 Å². The van der Waals surface area contributed by atoms with Crippen LogP contribution < -0.4 is 10.1 Å². The van der Waals surface area contributed by atoms with Gasteiger partial charge < -0.3 is 20.1 Å². The van der Waals surface area contributed by atoms with Crippen LogP contribution in [0.5, 0.6) is 5.75 Å². The van der Waals surface area contributed by atoms with Gasteiger partial charge in [0.25, 0.3) is 5.91 Å². The van der Waals surface area contributed by atoms with Gasteiger partial charge in [-0.05, 0) is 12.1 Å². The average molecular weight is 262 g/mol. The van der Waals surface area contributed by atoms with Gasteiger partial charge in [0, 0.05) is 25.9 Å². The van der Waals surface area contributed by atoms with Gasteiger partial charge in [0.15, 0.2) is 5.72 Å². The maximum Gasteiger partial charge on any atom is 0.407 e. The molecule has 2 aliphatic heterocycles. The highest BCUT2D eigenvalue weighted by molar-refractivity contribution is 5.98. The zero-order valence-electron chi connectivity index (χ0n) is 10.3. The van der Waals surface area contributed by atoms with Crippen LogP contribution >= 0.6 is 0 Å². The lowest BCUT2D eigenvalue weighted by Crippen LogP contribution is -2.61. The van der Waals surface area contributed by atoms with Crippen LogP contribution in [0.15, 0.2) is 24.3 Å². The largest absolute Gasteiger partial charge is 0.467 e. The van der Waals surface area contributed by atoms with Crippen molar-refractivity contribution in [1.82, 2.24) is 10.2 Å². The Kier molecular flexibility index (Phi) is 2.58. The first-order valence-electron chi connectivity index (χ1n) is 6.18. The minimum absolute atomic E-state index is 0.161. The fraction of sp³-hybridized carbons (Fsp3) is 0.385. The summed E-state index contributed by atoms with van der Waals surface area (Å²) in [6, 6.07) is 7.08. The van der Waals surface area contributed by atoms with Crippen LogP contribution in [0.1, 0.15) is 23.2 Å².